The van der Waals surface area contributed by atoms with E-state index in [1.807, 2.05) is 42.5 Å². The summed E-state index contributed by atoms with van der Waals surface area (Å²) in [4.78, 5) is 14.1. The fourth-order valence-corrected chi connectivity index (χ4v) is 4.36. The molecule has 3 aromatic rings. The van der Waals surface area contributed by atoms with Gasteiger partial charge in [0.2, 0.25) is 0 Å². The average molecular weight is 430 g/mol. The summed E-state index contributed by atoms with van der Waals surface area (Å²) in [6.07, 6.45) is 1.87. The van der Waals surface area contributed by atoms with Crippen molar-refractivity contribution in [2.75, 3.05) is 6.54 Å². The maximum atomic E-state index is 11.6. The predicted octanol–water partition coefficient (Wildman–Crippen LogP) is 6.72. The Bertz CT molecular complexity index is 959. The van der Waals surface area contributed by atoms with Gasteiger partial charge in [-0.2, -0.15) is 0 Å². The summed E-state index contributed by atoms with van der Waals surface area (Å²) in [6, 6.07) is 27.5. The van der Waals surface area contributed by atoms with Gasteiger partial charge in [-0.05, 0) is 70.0 Å². The topological polar surface area (TPSA) is 29.5 Å². The lowest BCUT2D eigenvalue weighted by atomic mass is 9.86. The summed E-state index contributed by atoms with van der Waals surface area (Å²) in [5.74, 6) is 0.982. The molecule has 3 heteroatoms. The number of nitrogens with zero attached hydrogens (tertiary/aromatic N) is 1. The minimum absolute atomic E-state index is 0.141. The van der Waals surface area contributed by atoms with Gasteiger partial charge in [-0.15, -0.1) is 0 Å². The van der Waals surface area contributed by atoms with Gasteiger partial charge in [-0.3, -0.25) is 9.69 Å². The van der Waals surface area contributed by atoms with Crippen molar-refractivity contribution in [1.29, 1.82) is 0 Å². The monoisotopic (exact) mass is 429 g/mol. The summed E-state index contributed by atoms with van der Waals surface area (Å²) in [5, 5.41) is 0. The van der Waals surface area contributed by atoms with E-state index >= 15 is 0 Å². The average Bonchev–Trinajstić information content (AvgIpc) is 2.81. The first kappa shape index (κ1) is 23.7. The highest BCUT2D eigenvalue weighted by molar-refractivity contribution is 5.76. The molecule has 3 rings (SSSR count). The Balaban J connectivity index is 1.95. The molecule has 168 valence electrons. The first-order chi connectivity index (χ1) is 15.5. The van der Waals surface area contributed by atoms with Crippen LogP contribution >= 0.6 is 0 Å². The number of hydrogen-bond acceptors (Lipinski definition) is 3. The number of rotatable bonds is 11. The van der Waals surface area contributed by atoms with Gasteiger partial charge in [0, 0.05) is 29.1 Å². The second kappa shape index (κ2) is 11.6. The molecule has 0 aliphatic heterocycles. The predicted molar refractivity (Wildman–Crippen MR) is 132 cm³/mol. The Morgan fingerprint density at radius 3 is 2.06 bits per heavy atom. The van der Waals surface area contributed by atoms with E-state index in [9.17, 15) is 4.79 Å². The van der Waals surface area contributed by atoms with Crippen LogP contribution in [0.4, 0.5) is 0 Å². The summed E-state index contributed by atoms with van der Waals surface area (Å²) in [5.41, 5.74) is 4.12. The lowest BCUT2D eigenvalue weighted by molar-refractivity contribution is 0.112. The molecule has 0 bridgehead atoms. The van der Waals surface area contributed by atoms with E-state index in [1.54, 1.807) is 0 Å². The largest absolute Gasteiger partial charge is 0.489 e. The van der Waals surface area contributed by atoms with Crippen molar-refractivity contribution >= 4 is 6.29 Å². The molecule has 0 aliphatic carbocycles. The van der Waals surface area contributed by atoms with E-state index < -0.39 is 0 Å². The van der Waals surface area contributed by atoms with Gasteiger partial charge in [0.05, 0.1) is 0 Å². The van der Waals surface area contributed by atoms with E-state index in [0.717, 1.165) is 36.1 Å². The van der Waals surface area contributed by atoms with E-state index in [0.29, 0.717) is 24.3 Å². The molecule has 0 heterocycles. The van der Waals surface area contributed by atoms with Gasteiger partial charge in [0.25, 0.3) is 0 Å². The zero-order valence-electron chi connectivity index (χ0n) is 19.7. The third-order valence-electron chi connectivity index (χ3n) is 5.99. The fraction of sp³-hybridized carbons (Fsp3) is 0.345. The van der Waals surface area contributed by atoms with Crippen LogP contribution in [-0.4, -0.2) is 29.8 Å². The highest BCUT2D eigenvalue weighted by Crippen LogP contribution is 2.36. The summed E-state index contributed by atoms with van der Waals surface area (Å²) in [6.45, 7) is 10.5. The van der Waals surface area contributed by atoms with Crippen LogP contribution in [0.25, 0.3) is 0 Å². The molecule has 32 heavy (non-hydrogen) atoms. The van der Waals surface area contributed by atoms with E-state index in [4.69, 9.17) is 4.74 Å². The van der Waals surface area contributed by atoms with Gasteiger partial charge in [0.15, 0.2) is 0 Å². The van der Waals surface area contributed by atoms with Crippen molar-refractivity contribution in [3.8, 4) is 5.75 Å². The minimum atomic E-state index is 0.141. The first-order valence-corrected chi connectivity index (χ1v) is 11.6. The third-order valence-corrected chi connectivity index (χ3v) is 5.99. The summed E-state index contributed by atoms with van der Waals surface area (Å²) in [7, 11) is 0. The molecule has 1 atom stereocenters. The quantitative estimate of drug-likeness (QED) is 0.317. The molecule has 3 aromatic carbocycles. The van der Waals surface area contributed by atoms with E-state index in [2.05, 4.69) is 69.0 Å². The number of benzene rings is 3. The third kappa shape index (κ3) is 6.30. The smallest absolute Gasteiger partial charge is 0.150 e. The Morgan fingerprint density at radius 1 is 0.844 bits per heavy atom. The first-order valence-electron chi connectivity index (χ1n) is 11.6. The van der Waals surface area contributed by atoms with Crippen LogP contribution in [-0.2, 0) is 6.61 Å². The number of ether oxygens (including phenoxy) is 1. The van der Waals surface area contributed by atoms with Crippen LogP contribution in [0.15, 0.2) is 78.9 Å². The van der Waals surface area contributed by atoms with Crippen LogP contribution in [0.5, 0.6) is 5.75 Å². The zero-order valence-corrected chi connectivity index (χ0v) is 19.7. The summed E-state index contributed by atoms with van der Waals surface area (Å²) >= 11 is 0. The lowest BCUT2D eigenvalue weighted by Gasteiger charge is -2.32. The molecular weight excluding hydrogens is 394 g/mol. The van der Waals surface area contributed by atoms with Crippen molar-refractivity contribution < 1.29 is 9.53 Å². The van der Waals surface area contributed by atoms with Crippen LogP contribution < -0.4 is 4.74 Å². The standard InChI is InChI=1S/C29H35NO2/c1-22(2)30(23(3)4)18-17-27(26-13-9-6-10-14-26)28-19-25(20-31)15-16-29(28)32-21-24-11-7-5-8-12-24/h5-16,19-20,22-23,27H,17-18,21H2,1-4H3/t27-/m1/s1. The van der Waals surface area contributed by atoms with Crippen molar-refractivity contribution in [3.05, 3.63) is 101 Å². The van der Waals surface area contributed by atoms with Crippen molar-refractivity contribution in [2.24, 2.45) is 0 Å². The van der Waals surface area contributed by atoms with Crippen molar-refractivity contribution in [3.63, 3.8) is 0 Å². The van der Waals surface area contributed by atoms with E-state index in [-0.39, 0.29) is 5.92 Å². The number of hydrogen-bond donors (Lipinski definition) is 0. The highest BCUT2D eigenvalue weighted by atomic mass is 16.5. The van der Waals surface area contributed by atoms with Gasteiger partial charge in [-0.1, -0.05) is 60.7 Å². The molecule has 0 amide bonds. The molecular formula is C29H35NO2. The molecule has 0 aliphatic rings. The molecule has 0 saturated heterocycles. The van der Waals surface area contributed by atoms with Crippen molar-refractivity contribution in [2.45, 2.75) is 58.7 Å². The molecule has 0 unspecified atom stereocenters. The van der Waals surface area contributed by atoms with Crippen LogP contribution in [0, 0.1) is 0 Å². The van der Waals surface area contributed by atoms with Crippen LogP contribution in [0.3, 0.4) is 0 Å². The number of aldehydes is 1. The molecule has 0 aromatic heterocycles. The Labute approximate surface area is 193 Å². The maximum absolute atomic E-state index is 11.6. The van der Waals surface area contributed by atoms with E-state index in [1.165, 1.54) is 5.56 Å². The Hall–Kier alpha value is -2.91. The number of carbonyl (C=O) groups is 1. The number of carbonyl (C=O) groups excluding carboxylic acids is 1. The Kier molecular flexibility index (Phi) is 8.64. The SMILES string of the molecule is CC(C)N(CC[C@H](c1ccccc1)c1cc(C=O)ccc1OCc1ccccc1)C(C)C. The van der Waals surface area contributed by atoms with Crippen LogP contribution in [0.1, 0.15) is 67.1 Å². The molecule has 0 saturated carbocycles. The molecule has 0 N–H and O–H groups in total. The normalized spacial score (nSPS) is 12.3. The molecule has 0 spiro atoms. The molecule has 3 nitrogen and oxygen atoms in total. The van der Waals surface area contributed by atoms with Gasteiger partial charge >= 0.3 is 0 Å². The van der Waals surface area contributed by atoms with Gasteiger partial charge in [-0.25, -0.2) is 0 Å². The minimum Gasteiger partial charge on any atom is -0.489 e. The highest BCUT2D eigenvalue weighted by Gasteiger charge is 2.22. The van der Waals surface area contributed by atoms with Gasteiger partial charge < -0.3 is 4.74 Å². The lowest BCUT2D eigenvalue weighted by Crippen LogP contribution is -2.38. The zero-order chi connectivity index (χ0) is 22.9. The van der Waals surface area contributed by atoms with Crippen molar-refractivity contribution in [1.82, 2.24) is 4.90 Å². The molecule has 0 radical (unpaired) electrons. The van der Waals surface area contributed by atoms with Crippen LogP contribution in [0.2, 0.25) is 0 Å². The second-order valence-electron chi connectivity index (χ2n) is 8.87. The van der Waals surface area contributed by atoms with Gasteiger partial charge in [0.1, 0.15) is 18.6 Å². The Morgan fingerprint density at radius 2 is 1.47 bits per heavy atom. The fourth-order valence-electron chi connectivity index (χ4n) is 4.36. The summed E-state index contributed by atoms with van der Waals surface area (Å²) < 4.78 is 6.30. The molecule has 0 fully saturated rings. The maximum Gasteiger partial charge on any atom is 0.150 e. The second-order valence-corrected chi connectivity index (χ2v) is 8.87.